The third-order valence-electron chi connectivity index (χ3n) is 5.01. The van der Waals surface area contributed by atoms with Crippen molar-refractivity contribution in [3.8, 4) is 5.82 Å². The van der Waals surface area contributed by atoms with Gasteiger partial charge in [-0.15, -0.1) is 0 Å². The molecular weight excluding hydrogens is 379 g/mol. The predicted octanol–water partition coefficient (Wildman–Crippen LogP) is 3.79. The van der Waals surface area contributed by atoms with Crippen molar-refractivity contribution in [1.82, 2.24) is 19.7 Å². The number of anilines is 2. The third kappa shape index (κ3) is 3.54. The van der Waals surface area contributed by atoms with E-state index in [0.717, 1.165) is 42.5 Å². The number of nitrogens with zero attached hydrogens (tertiary/aromatic N) is 6. The van der Waals surface area contributed by atoms with E-state index in [9.17, 15) is 4.39 Å². The lowest BCUT2D eigenvalue weighted by molar-refractivity contribution is 0.538. The minimum Gasteiger partial charge on any atom is -0.368 e. The molecular formula is C20H22ClFN6. The van der Waals surface area contributed by atoms with Crippen LogP contribution in [0.25, 0.3) is 5.82 Å². The first kappa shape index (κ1) is 18.7. The van der Waals surface area contributed by atoms with Gasteiger partial charge in [0.2, 0.25) is 5.95 Å². The van der Waals surface area contributed by atoms with Gasteiger partial charge in [0.1, 0.15) is 5.82 Å². The number of rotatable bonds is 3. The van der Waals surface area contributed by atoms with Crippen LogP contribution in [0.15, 0.2) is 36.5 Å². The second-order valence-electron chi connectivity index (χ2n) is 7.14. The van der Waals surface area contributed by atoms with Crippen molar-refractivity contribution < 1.29 is 4.39 Å². The zero-order valence-corrected chi connectivity index (χ0v) is 16.9. The average Bonchev–Trinajstić information content (AvgIpc) is 3.02. The molecule has 0 spiro atoms. The van der Waals surface area contributed by atoms with Crippen LogP contribution in [0.5, 0.6) is 0 Å². The summed E-state index contributed by atoms with van der Waals surface area (Å²) in [6, 6.07) is 9.00. The SMILES string of the molecule is Cc1cc(C)n(-c2ccnc(N3CCN(c4ccc(Cl)c(F)c4)CC3C)n2)n1. The Kier molecular flexibility index (Phi) is 4.93. The third-order valence-corrected chi connectivity index (χ3v) is 5.31. The standard InChI is InChI=1S/C20H22ClFN6/c1-13-10-14(2)28(25-13)19-6-7-23-20(24-19)27-9-8-26(12-15(27)3)16-4-5-17(21)18(22)11-16/h4-7,10-11,15H,8-9,12H2,1-3H3. The van der Waals surface area contributed by atoms with Crippen molar-refractivity contribution in [2.45, 2.75) is 26.8 Å². The molecule has 6 nitrogen and oxygen atoms in total. The van der Waals surface area contributed by atoms with Crippen LogP contribution in [-0.4, -0.2) is 45.4 Å². The maximum Gasteiger partial charge on any atom is 0.227 e. The van der Waals surface area contributed by atoms with Crippen molar-refractivity contribution >= 4 is 23.2 Å². The number of hydrogen-bond acceptors (Lipinski definition) is 5. The summed E-state index contributed by atoms with van der Waals surface area (Å²) < 4.78 is 15.6. The first-order valence-electron chi connectivity index (χ1n) is 9.25. The number of piperazine rings is 1. The lowest BCUT2D eigenvalue weighted by atomic mass is 10.1. The van der Waals surface area contributed by atoms with Crippen LogP contribution in [0.2, 0.25) is 5.02 Å². The molecule has 1 aromatic carbocycles. The second-order valence-corrected chi connectivity index (χ2v) is 7.55. The fourth-order valence-electron chi connectivity index (χ4n) is 3.63. The molecule has 0 radical (unpaired) electrons. The van der Waals surface area contributed by atoms with Gasteiger partial charge in [0.25, 0.3) is 0 Å². The summed E-state index contributed by atoms with van der Waals surface area (Å²) in [4.78, 5) is 13.5. The zero-order valence-electron chi connectivity index (χ0n) is 16.1. The van der Waals surface area contributed by atoms with Crippen LogP contribution in [0, 0.1) is 19.7 Å². The molecule has 0 bridgehead atoms. The first-order valence-corrected chi connectivity index (χ1v) is 9.63. The molecule has 1 fully saturated rings. The Morgan fingerprint density at radius 3 is 2.64 bits per heavy atom. The number of aromatic nitrogens is 4. The monoisotopic (exact) mass is 400 g/mol. The van der Waals surface area contributed by atoms with E-state index in [-0.39, 0.29) is 11.1 Å². The van der Waals surface area contributed by atoms with Crippen LogP contribution in [-0.2, 0) is 0 Å². The number of hydrogen-bond donors (Lipinski definition) is 0. The maximum absolute atomic E-state index is 13.8. The lowest BCUT2D eigenvalue weighted by Gasteiger charge is -2.41. The summed E-state index contributed by atoms with van der Waals surface area (Å²) in [7, 11) is 0. The molecule has 0 amide bonds. The Labute approximate surface area is 168 Å². The summed E-state index contributed by atoms with van der Waals surface area (Å²) in [5.41, 5.74) is 2.82. The highest BCUT2D eigenvalue weighted by atomic mass is 35.5. The molecule has 2 aromatic heterocycles. The summed E-state index contributed by atoms with van der Waals surface area (Å²) >= 11 is 5.80. The van der Waals surface area contributed by atoms with E-state index >= 15 is 0 Å². The van der Waals surface area contributed by atoms with E-state index in [1.165, 1.54) is 6.07 Å². The minimum absolute atomic E-state index is 0.143. The molecule has 1 unspecified atom stereocenters. The highest BCUT2D eigenvalue weighted by Gasteiger charge is 2.26. The Balaban J connectivity index is 1.54. The smallest absolute Gasteiger partial charge is 0.227 e. The van der Waals surface area contributed by atoms with Gasteiger partial charge in [-0.05, 0) is 45.0 Å². The average molecular weight is 401 g/mol. The fraction of sp³-hybridized carbons (Fsp3) is 0.350. The van der Waals surface area contributed by atoms with Gasteiger partial charge in [0.15, 0.2) is 5.82 Å². The Hall–Kier alpha value is -2.67. The normalized spacial score (nSPS) is 17.2. The van der Waals surface area contributed by atoms with Gasteiger partial charge >= 0.3 is 0 Å². The summed E-state index contributed by atoms with van der Waals surface area (Å²) in [6.45, 7) is 8.33. The molecule has 4 rings (SSSR count). The van der Waals surface area contributed by atoms with Gasteiger partial charge in [0.05, 0.1) is 10.7 Å². The van der Waals surface area contributed by atoms with Crippen LogP contribution < -0.4 is 9.80 Å². The molecule has 1 aliphatic rings. The minimum atomic E-state index is -0.393. The molecule has 1 saturated heterocycles. The van der Waals surface area contributed by atoms with E-state index < -0.39 is 5.82 Å². The Bertz CT molecular complexity index is 1000. The topological polar surface area (TPSA) is 50.1 Å². The molecule has 28 heavy (non-hydrogen) atoms. The van der Waals surface area contributed by atoms with Crippen molar-refractivity contribution in [3.63, 3.8) is 0 Å². The van der Waals surface area contributed by atoms with Gasteiger partial charge in [0, 0.05) is 49.3 Å². The van der Waals surface area contributed by atoms with Gasteiger partial charge < -0.3 is 9.80 Å². The molecule has 1 aliphatic heterocycles. The molecule has 0 aliphatic carbocycles. The highest BCUT2D eigenvalue weighted by Crippen LogP contribution is 2.25. The van der Waals surface area contributed by atoms with Crippen molar-refractivity contribution in [3.05, 3.63) is 58.8 Å². The molecule has 0 saturated carbocycles. The number of benzene rings is 1. The molecule has 1 atom stereocenters. The summed E-state index contributed by atoms with van der Waals surface area (Å²) in [5.74, 6) is 1.04. The summed E-state index contributed by atoms with van der Waals surface area (Å²) in [5, 5.41) is 4.65. The second kappa shape index (κ2) is 7.39. The lowest BCUT2D eigenvalue weighted by Crippen LogP contribution is -2.52. The van der Waals surface area contributed by atoms with E-state index in [1.807, 2.05) is 36.7 Å². The van der Waals surface area contributed by atoms with Crippen molar-refractivity contribution in [1.29, 1.82) is 0 Å². The number of aryl methyl sites for hydroxylation is 2. The molecule has 146 valence electrons. The molecule has 8 heteroatoms. The van der Waals surface area contributed by atoms with E-state index in [1.54, 1.807) is 12.3 Å². The predicted molar refractivity (Wildman–Crippen MR) is 109 cm³/mol. The Morgan fingerprint density at radius 1 is 1.14 bits per heavy atom. The highest BCUT2D eigenvalue weighted by molar-refractivity contribution is 6.30. The molecule has 0 N–H and O–H groups in total. The maximum atomic E-state index is 13.8. The quantitative estimate of drug-likeness (QED) is 0.669. The van der Waals surface area contributed by atoms with Gasteiger partial charge in [-0.3, -0.25) is 0 Å². The first-order chi connectivity index (χ1) is 13.4. The van der Waals surface area contributed by atoms with E-state index in [2.05, 4.69) is 26.8 Å². The van der Waals surface area contributed by atoms with Crippen molar-refractivity contribution in [2.75, 3.05) is 29.4 Å². The van der Waals surface area contributed by atoms with Gasteiger partial charge in [-0.25, -0.2) is 14.1 Å². The van der Waals surface area contributed by atoms with E-state index in [4.69, 9.17) is 16.6 Å². The van der Waals surface area contributed by atoms with Crippen LogP contribution in [0.3, 0.4) is 0 Å². The van der Waals surface area contributed by atoms with Gasteiger partial charge in [-0.2, -0.15) is 10.1 Å². The Morgan fingerprint density at radius 2 is 1.96 bits per heavy atom. The van der Waals surface area contributed by atoms with E-state index in [0.29, 0.717) is 5.95 Å². The van der Waals surface area contributed by atoms with Crippen LogP contribution >= 0.6 is 11.6 Å². The van der Waals surface area contributed by atoms with Crippen LogP contribution in [0.4, 0.5) is 16.0 Å². The zero-order chi connectivity index (χ0) is 19.8. The fourth-order valence-corrected chi connectivity index (χ4v) is 3.74. The van der Waals surface area contributed by atoms with Crippen molar-refractivity contribution in [2.24, 2.45) is 0 Å². The number of halogens is 2. The summed E-state index contributed by atoms with van der Waals surface area (Å²) in [6.07, 6.45) is 1.77. The molecule has 3 heterocycles. The largest absolute Gasteiger partial charge is 0.368 e. The van der Waals surface area contributed by atoms with Gasteiger partial charge in [-0.1, -0.05) is 11.6 Å². The molecule has 3 aromatic rings. The van der Waals surface area contributed by atoms with Crippen LogP contribution in [0.1, 0.15) is 18.3 Å².